The van der Waals surface area contributed by atoms with Crippen LogP contribution in [0.5, 0.6) is 0 Å². The fraction of sp³-hybridized carbons (Fsp3) is 0. The molecule has 0 aliphatic carbocycles. The molecule has 0 amide bonds. The molecule has 0 atom stereocenters. The molecule has 1 rings (SSSR count). The highest BCUT2D eigenvalue weighted by Gasteiger charge is 2.04. The maximum atomic E-state index is 7.60. The van der Waals surface area contributed by atoms with E-state index >= 15 is 0 Å². The monoisotopic (exact) mass is 320 g/mol. The summed E-state index contributed by atoms with van der Waals surface area (Å²) < 4.78 is 2.85. The number of nitrogens with zero attached hydrogens (tertiary/aromatic N) is 2. The van der Waals surface area contributed by atoms with Crippen molar-refractivity contribution in [3.63, 3.8) is 0 Å². The lowest BCUT2D eigenvalue weighted by Crippen LogP contribution is -2.84. The molecule has 74 valence electrons. The number of halogens is 2. The highest BCUT2D eigenvalue weighted by Crippen LogP contribution is 2.04. The van der Waals surface area contributed by atoms with Crippen molar-refractivity contribution in [3.05, 3.63) is 27.5 Å². The average Bonchev–Trinajstić information content (AvgIpc) is 2.60. The first-order valence-corrected chi connectivity index (χ1v) is 5.22. The molecule has 14 heavy (non-hydrogen) atoms. The van der Waals surface area contributed by atoms with E-state index in [2.05, 4.69) is 37.0 Å². The Labute approximate surface area is 97.5 Å². The second-order valence-corrected chi connectivity index (χ2v) is 4.18. The van der Waals surface area contributed by atoms with Gasteiger partial charge in [0.05, 0.1) is 21.3 Å². The Balaban J connectivity index is 2.64. The summed E-state index contributed by atoms with van der Waals surface area (Å²) in [4.78, 5) is 0. The van der Waals surface area contributed by atoms with Gasteiger partial charge in [0, 0.05) is 6.21 Å². The van der Waals surface area contributed by atoms with Crippen LogP contribution in [0.1, 0.15) is 0 Å². The zero-order valence-electron chi connectivity index (χ0n) is 7.04. The molecule has 0 aliphatic heterocycles. The molecule has 0 saturated heterocycles. The summed E-state index contributed by atoms with van der Waals surface area (Å²) in [5.74, 6) is 0.231. The first-order valence-electron chi connectivity index (χ1n) is 3.63. The standard InChI is InChI=1S/C7H7Br2N5/c8-5(1-10)2-12-7(11)14-4-6(9)3-13-14/h1-4,10H,(H2,11,12)/p+1/b5-2+,10-1?. The predicted octanol–water partition coefficient (Wildman–Crippen LogP) is 0.878. The van der Waals surface area contributed by atoms with Gasteiger partial charge in [-0.05, 0) is 31.9 Å². The zero-order valence-corrected chi connectivity index (χ0v) is 10.2. The number of rotatable bonds is 2. The molecule has 0 fully saturated rings. The lowest BCUT2D eigenvalue weighted by atomic mass is 10.6. The maximum absolute atomic E-state index is 7.60. The molecule has 0 aromatic carbocycles. The van der Waals surface area contributed by atoms with Gasteiger partial charge in [-0.1, -0.05) is 0 Å². The predicted molar refractivity (Wildman–Crippen MR) is 60.8 cm³/mol. The molecule has 1 heterocycles. The van der Waals surface area contributed by atoms with E-state index in [1.807, 2.05) is 0 Å². The Kier molecular flexibility index (Phi) is 4.18. The lowest BCUT2D eigenvalue weighted by molar-refractivity contribution is -0.468. The first-order chi connectivity index (χ1) is 6.63. The molecule has 1 aromatic heterocycles. The van der Waals surface area contributed by atoms with Crippen LogP contribution in [0.3, 0.4) is 0 Å². The van der Waals surface area contributed by atoms with Crippen LogP contribution in [-0.4, -0.2) is 22.0 Å². The molecule has 0 unspecified atom stereocenters. The van der Waals surface area contributed by atoms with Crippen molar-refractivity contribution in [1.82, 2.24) is 9.78 Å². The fourth-order valence-electron chi connectivity index (χ4n) is 0.716. The Morgan fingerprint density at radius 1 is 1.64 bits per heavy atom. The molecule has 0 aliphatic rings. The van der Waals surface area contributed by atoms with Gasteiger partial charge in [-0.2, -0.15) is 9.78 Å². The number of quaternary nitrogens is 1. The van der Waals surface area contributed by atoms with Crippen LogP contribution >= 0.6 is 31.9 Å². The van der Waals surface area contributed by atoms with E-state index in [4.69, 9.17) is 10.8 Å². The highest BCUT2D eigenvalue weighted by atomic mass is 79.9. The van der Waals surface area contributed by atoms with Gasteiger partial charge in [-0.25, -0.2) is 5.41 Å². The van der Waals surface area contributed by atoms with Crippen molar-refractivity contribution < 1.29 is 5.32 Å². The maximum Gasteiger partial charge on any atom is 0.323 e. The number of hydrogen-bond donors (Lipinski definition) is 3. The number of aromatic nitrogens is 2. The summed E-state index contributed by atoms with van der Waals surface area (Å²) in [6.07, 6.45) is 6.07. The largest absolute Gasteiger partial charge is 0.323 e. The number of nitrogen functional groups attached to an aromatic ring is 1. The normalized spacial score (nSPS) is 11.4. The van der Waals surface area contributed by atoms with E-state index < -0.39 is 0 Å². The molecular weight excluding hydrogens is 314 g/mol. The molecule has 5 nitrogen and oxygen atoms in total. The first kappa shape index (κ1) is 11.3. The molecule has 0 radical (unpaired) electrons. The van der Waals surface area contributed by atoms with E-state index in [9.17, 15) is 0 Å². The van der Waals surface area contributed by atoms with Crippen LogP contribution in [-0.2, 0) is 0 Å². The molecule has 0 spiro atoms. The van der Waals surface area contributed by atoms with Crippen molar-refractivity contribution in [1.29, 1.82) is 10.8 Å². The van der Waals surface area contributed by atoms with Gasteiger partial charge < -0.3 is 5.41 Å². The third-order valence-corrected chi connectivity index (χ3v) is 2.24. The minimum Gasteiger partial charge on any atom is -0.307 e. The zero-order chi connectivity index (χ0) is 10.6. The van der Waals surface area contributed by atoms with E-state index in [1.54, 1.807) is 23.9 Å². The van der Waals surface area contributed by atoms with Crippen LogP contribution in [0.15, 0.2) is 27.5 Å². The van der Waals surface area contributed by atoms with E-state index in [-0.39, 0.29) is 5.96 Å². The smallest absolute Gasteiger partial charge is 0.307 e. The Hall–Kier alpha value is -0.790. The summed E-state index contributed by atoms with van der Waals surface area (Å²) in [7, 11) is 0. The van der Waals surface area contributed by atoms with E-state index in [0.717, 1.165) is 10.7 Å². The molecule has 7 heteroatoms. The third-order valence-electron chi connectivity index (χ3n) is 1.34. The van der Waals surface area contributed by atoms with Gasteiger partial charge in [0.1, 0.15) is 6.20 Å². The summed E-state index contributed by atoms with van der Waals surface area (Å²) >= 11 is 6.37. The van der Waals surface area contributed by atoms with E-state index in [0.29, 0.717) is 4.48 Å². The topological polar surface area (TPSA) is 82.1 Å². The molecule has 4 N–H and O–H groups in total. The van der Waals surface area contributed by atoms with Crippen molar-refractivity contribution in [2.45, 2.75) is 0 Å². The number of nitrogens with one attached hydrogen (secondary N) is 2. The van der Waals surface area contributed by atoms with Crippen molar-refractivity contribution in [3.8, 4) is 0 Å². The second-order valence-electron chi connectivity index (χ2n) is 2.35. The van der Waals surface area contributed by atoms with Crippen molar-refractivity contribution >= 4 is 44.0 Å². The average molecular weight is 322 g/mol. The third kappa shape index (κ3) is 3.17. The van der Waals surface area contributed by atoms with E-state index in [1.165, 1.54) is 4.68 Å². The highest BCUT2D eigenvalue weighted by molar-refractivity contribution is 9.12. The number of allylic oxidation sites excluding steroid dienone is 1. The van der Waals surface area contributed by atoms with Crippen molar-refractivity contribution in [2.75, 3.05) is 0 Å². The van der Waals surface area contributed by atoms with Crippen molar-refractivity contribution in [2.24, 2.45) is 0 Å². The quantitative estimate of drug-likeness (QED) is 0.548. The second kappa shape index (κ2) is 5.18. The summed E-state index contributed by atoms with van der Waals surface area (Å²) in [5.41, 5.74) is 0. The molecule has 1 aromatic rings. The Morgan fingerprint density at radius 3 is 2.86 bits per heavy atom. The van der Waals surface area contributed by atoms with Gasteiger partial charge in [-0.3, -0.25) is 5.32 Å². The minimum absolute atomic E-state index is 0.231. The van der Waals surface area contributed by atoms with Gasteiger partial charge >= 0.3 is 5.96 Å². The fourth-order valence-corrected chi connectivity index (χ4v) is 1.13. The van der Waals surface area contributed by atoms with Gasteiger partial charge in [0.25, 0.3) is 0 Å². The number of nitrogens with two attached hydrogens (primary N) is 1. The Morgan fingerprint density at radius 2 is 2.36 bits per heavy atom. The van der Waals surface area contributed by atoms with Gasteiger partial charge in [0.2, 0.25) is 0 Å². The minimum atomic E-state index is 0.231. The summed E-state index contributed by atoms with van der Waals surface area (Å²) in [5, 5.41) is 20.0. The van der Waals surface area contributed by atoms with Crippen LogP contribution in [0.4, 0.5) is 0 Å². The lowest BCUT2D eigenvalue weighted by Gasteiger charge is -1.95. The van der Waals surface area contributed by atoms with Crippen LogP contribution in [0.2, 0.25) is 0 Å². The molecular formula is C7H8Br2N5+. The number of hydrogen-bond acceptors (Lipinski definition) is 3. The van der Waals surface area contributed by atoms with Crippen LogP contribution in [0, 0.1) is 10.8 Å². The van der Waals surface area contributed by atoms with Gasteiger partial charge in [0.15, 0.2) is 0 Å². The summed E-state index contributed by atoms with van der Waals surface area (Å²) in [6.45, 7) is 0. The van der Waals surface area contributed by atoms with Gasteiger partial charge in [-0.15, -0.1) is 0 Å². The molecule has 0 saturated carbocycles. The van der Waals surface area contributed by atoms with Crippen LogP contribution < -0.4 is 5.32 Å². The SMILES string of the molecule is N=C/C(Br)=C\[NH2+]C(=N)n1cc(Br)cn1. The Bertz CT molecular complexity index is 381. The summed E-state index contributed by atoms with van der Waals surface area (Å²) in [6, 6.07) is 0. The molecule has 0 bridgehead atoms. The van der Waals surface area contributed by atoms with Crippen LogP contribution in [0.25, 0.3) is 0 Å².